The van der Waals surface area contributed by atoms with Crippen LogP contribution in [0, 0.1) is 5.82 Å². The van der Waals surface area contributed by atoms with Gasteiger partial charge in [0.2, 0.25) is 0 Å². The molecule has 18 heavy (non-hydrogen) atoms. The minimum absolute atomic E-state index is 0.154. The zero-order valence-electron chi connectivity index (χ0n) is 9.69. The average Bonchev–Trinajstić information content (AvgIpc) is 2.88. The first kappa shape index (κ1) is 11.4. The van der Waals surface area contributed by atoms with Gasteiger partial charge in [0.1, 0.15) is 5.82 Å². The number of nitrogens with two attached hydrogens (primary N) is 1. The lowest BCUT2D eigenvalue weighted by Gasteiger charge is -2.04. The molecule has 2 N–H and O–H groups in total. The van der Waals surface area contributed by atoms with Crippen molar-refractivity contribution in [2.75, 3.05) is 0 Å². The molecule has 0 bridgehead atoms. The lowest BCUT2D eigenvalue weighted by atomic mass is 10.0. The van der Waals surface area contributed by atoms with Crippen molar-refractivity contribution in [3.05, 3.63) is 59.2 Å². The van der Waals surface area contributed by atoms with E-state index in [-0.39, 0.29) is 5.82 Å². The first-order valence-electron chi connectivity index (χ1n) is 5.74. The molecule has 90 valence electrons. The third kappa shape index (κ3) is 1.82. The predicted octanol–water partition coefficient (Wildman–Crippen LogP) is 4.17. The molecule has 0 aliphatic carbocycles. The molecule has 1 heterocycles. The van der Waals surface area contributed by atoms with Crippen molar-refractivity contribution < 1.29 is 4.39 Å². The lowest BCUT2D eigenvalue weighted by molar-refractivity contribution is 0.643. The summed E-state index contributed by atoms with van der Waals surface area (Å²) in [6.07, 6.45) is 0. The Kier molecular flexibility index (Phi) is 2.86. The quantitative estimate of drug-likeness (QED) is 0.732. The molecular weight excluding hydrogens is 245 g/mol. The molecule has 0 saturated carbocycles. The van der Waals surface area contributed by atoms with Gasteiger partial charge in [0.05, 0.1) is 0 Å². The fourth-order valence-corrected chi connectivity index (χ4v) is 2.99. The maximum Gasteiger partial charge on any atom is 0.139 e. The largest absolute Gasteiger partial charge is 0.326 e. The van der Waals surface area contributed by atoms with E-state index in [4.69, 9.17) is 5.73 Å². The standard InChI is InChI=1S/C15H12FNS/c16-15-12-4-2-1-3-11(12)5-6-13(15)14-7-10(8-17)9-18-14/h1-7,9H,8,17H2. The Balaban J connectivity index is 2.20. The van der Waals surface area contributed by atoms with Crippen LogP contribution in [-0.2, 0) is 6.54 Å². The highest BCUT2D eigenvalue weighted by Crippen LogP contribution is 2.32. The van der Waals surface area contributed by atoms with Crippen molar-refractivity contribution >= 4 is 22.1 Å². The maximum atomic E-state index is 14.4. The molecule has 0 radical (unpaired) electrons. The first-order valence-corrected chi connectivity index (χ1v) is 6.62. The van der Waals surface area contributed by atoms with Gasteiger partial charge in [0.25, 0.3) is 0 Å². The second kappa shape index (κ2) is 4.52. The van der Waals surface area contributed by atoms with Crippen molar-refractivity contribution in [2.24, 2.45) is 5.73 Å². The molecule has 0 saturated heterocycles. The van der Waals surface area contributed by atoms with E-state index in [9.17, 15) is 4.39 Å². The molecule has 0 spiro atoms. The highest BCUT2D eigenvalue weighted by atomic mass is 32.1. The SMILES string of the molecule is NCc1csc(-c2ccc3ccccc3c2F)c1. The molecule has 1 nitrogen and oxygen atoms in total. The molecule has 0 aliphatic heterocycles. The molecular formula is C15H12FNS. The van der Waals surface area contributed by atoms with Gasteiger partial charge in [0, 0.05) is 22.4 Å². The molecule has 0 aliphatic rings. The lowest BCUT2D eigenvalue weighted by Crippen LogP contribution is -1.92. The maximum absolute atomic E-state index is 14.4. The number of halogens is 1. The van der Waals surface area contributed by atoms with Crippen LogP contribution in [0.25, 0.3) is 21.2 Å². The van der Waals surface area contributed by atoms with E-state index < -0.39 is 0 Å². The van der Waals surface area contributed by atoms with E-state index in [1.807, 2.05) is 47.8 Å². The van der Waals surface area contributed by atoms with Crippen molar-refractivity contribution in [2.45, 2.75) is 6.54 Å². The van der Waals surface area contributed by atoms with Crippen molar-refractivity contribution in [1.82, 2.24) is 0 Å². The van der Waals surface area contributed by atoms with Gasteiger partial charge < -0.3 is 5.73 Å². The van der Waals surface area contributed by atoms with E-state index in [1.54, 1.807) is 0 Å². The predicted molar refractivity (Wildman–Crippen MR) is 75.1 cm³/mol. The van der Waals surface area contributed by atoms with Crippen LogP contribution in [0.15, 0.2) is 47.8 Å². The highest BCUT2D eigenvalue weighted by molar-refractivity contribution is 7.13. The molecule has 3 heteroatoms. The van der Waals surface area contributed by atoms with Crippen molar-refractivity contribution in [3.8, 4) is 10.4 Å². The highest BCUT2D eigenvalue weighted by Gasteiger charge is 2.10. The Morgan fingerprint density at radius 2 is 1.94 bits per heavy atom. The van der Waals surface area contributed by atoms with Crippen molar-refractivity contribution in [1.29, 1.82) is 0 Å². The van der Waals surface area contributed by atoms with Crippen LogP contribution in [-0.4, -0.2) is 0 Å². The Bertz CT molecular complexity index is 703. The summed E-state index contributed by atoms with van der Waals surface area (Å²) < 4.78 is 14.4. The number of hydrogen-bond acceptors (Lipinski definition) is 2. The number of thiophene rings is 1. The zero-order valence-corrected chi connectivity index (χ0v) is 10.5. The average molecular weight is 257 g/mol. The third-order valence-electron chi connectivity index (χ3n) is 3.02. The van der Waals surface area contributed by atoms with E-state index in [1.165, 1.54) is 11.3 Å². The Morgan fingerprint density at radius 3 is 2.72 bits per heavy atom. The Labute approximate surface area is 109 Å². The number of hydrogen-bond donors (Lipinski definition) is 1. The topological polar surface area (TPSA) is 26.0 Å². The van der Waals surface area contributed by atoms with Crippen molar-refractivity contribution in [3.63, 3.8) is 0 Å². The molecule has 3 rings (SSSR count). The molecule has 2 aromatic carbocycles. The van der Waals surface area contributed by atoms with E-state index in [0.29, 0.717) is 17.5 Å². The Morgan fingerprint density at radius 1 is 1.11 bits per heavy atom. The summed E-state index contributed by atoms with van der Waals surface area (Å²) in [6.45, 7) is 0.492. The van der Waals surface area contributed by atoms with Gasteiger partial charge in [-0.25, -0.2) is 4.39 Å². The van der Waals surface area contributed by atoms with Crippen LogP contribution in [0.3, 0.4) is 0 Å². The number of rotatable bonds is 2. The van der Waals surface area contributed by atoms with Crippen LogP contribution in [0.5, 0.6) is 0 Å². The molecule has 3 aromatic rings. The first-order chi connectivity index (χ1) is 8.79. The van der Waals surface area contributed by atoms with Gasteiger partial charge >= 0.3 is 0 Å². The van der Waals surface area contributed by atoms with Crippen LogP contribution < -0.4 is 5.73 Å². The molecule has 0 unspecified atom stereocenters. The summed E-state index contributed by atoms with van der Waals surface area (Å²) in [4.78, 5) is 0.929. The fourth-order valence-electron chi connectivity index (χ4n) is 2.05. The van der Waals surface area contributed by atoms with Crippen LogP contribution >= 0.6 is 11.3 Å². The summed E-state index contributed by atoms with van der Waals surface area (Å²) in [7, 11) is 0. The van der Waals surface area contributed by atoms with E-state index in [0.717, 1.165) is 15.8 Å². The third-order valence-corrected chi connectivity index (χ3v) is 4.03. The van der Waals surface area contributed by atoms with Gasteiger partial charge in [0.15, 0.2) is 0 Å². The molecule has 0 fully saturated rings. The Hall–Kier alpha value is -1.71. The summed E-state index contributed by atoms with van der Waals surface area (Å²) in [5.41, 5.74) is 7.28. The summed E-state index contributed by atoms with van der Waals surface area (Å²) in [5.74, 6) is -0.154. The summed E-state index contributed by atoms with van der Waals surface area (Å²) in [5, 5.41) is 3.57. The minimum Gasteiger partial charge on any atom is -0.326 e. The van der Waals surface area contributed by atoms with Gasteiger partial charge in [-0.05, 0) is 28.5 Å². The number of benzene rings is 2. The fraction of sp³-hybridized carbons (Fsp3) is 0.0667. The smallest absolute Gasteiger partial charge is 0.139 e. The van der Waals surface area contributed by atoms with Gasteiger partial charge in [-0.2, -0.15) is 0 Å². The second-order valence-corrected chi connectivity index (χ2v) is 5.08. The molecule has 1 aromatic heterocycles. The molecule has 0 atom stereocenters. The number of fused-ring (bicyclic) bond motifs is 1. The monoisotopic (exact) mass is 257 g/mol. The van der Waals surface area contributed by atoms with Crippen LogP contribution in [0.2, 0.25) is 0 Å². The summed E-state index contributed by atoms with van der Waals surface area (Å²) >= 11 is 1.53. The van der Waals surface area contributed by atoms with Gasteiger partial charge in [-0.3, -0.25) is 0 Å². The van der Waals surface area contributed by atoms with Gasteiger partial charge in [-0.1, -0.05) is 30.3 Å². The minimum atomic E-state index is -0.154. The summed E-state index contributed by atoms with van der Waals surface area (Å²) in [6, 6.07) is 13.2. The van der Waals surface area contributed by atoms with E-state index >= 15 is 0 Å². The normalized spacial score (nSPS) is 11.0. The van der Waals surface area contributed by atoms with E-state index in [2.05, 4.69) is 0 Å². The zero-order chi connectivity index (χ0) is 12.5. The van der Waals surface area contributed by atoms with Crippen LogP contribution in [0.1, 0.15) is 5.56 Å². The van der Waals surface area contributed by atoms with Gasteiger partial charge in [-0.15, -0.1) is 11.3 Å². The van der Waals surface area contributed by atoms with Crippen LogP contribution in [0.4, 0.5) is 4.39 Å². The molecule has 0 amide bonds. The second-order valence-electron chi connectivity index (χ2n) is 4.17.